The van der Waals surface area contributed by atoms with Crippen molar-refractivity contribution in [2.24, 2.45) is 0 Å². The maximum atomic E-state index is 11.1. The van der Waals surface area contributed by atoms with E-state index in [2.05, 4.69) is 78.8 Å². The number of hydrogen-bond donors (Lipinski definition) is 1. The molecule has 1 aliphatic heterocycles. The monoisotopic (exact) mass is 384 g/mol. The fourth-order valence-corrected chi connectivity index (χ4v) is 4.12. The van der Waals surface area contributed by atoms with Crippen LogP contribution in [0.5, 0.6) is 5.75 Å². The van der Waals surface area contributed by atoms with Gasteiger partial charge in [0.2, 0.25) is 0 Å². The molecule has 0 aromatic heterocycles. The molecule has 1 saturated heterocycles. The van der Waals surface area contributed by atoms with Crippen LogP contribution < -0.4 is 9.80 Å². The summed E-state index contributed by atoms with van der Waals surface area (Å²) in [6, 6.07) is 23.3. The highest BCUT2D eigenvalue weighted by Gasteiger charge is 2.35. The van der Waals surface area contributed by atoms with Crippen LogP contribution in [-0.4, -0.2) is 18.2 Å². The highest BCUT2D eigenvalue weighted by atomic mass is 16.3. The molecule has 0 saturated carbocycles. The summed E-state index contributed by atoms with van der Waals surface area (Å²) in [7, 11) is 0. The van der Waals surface area contributed by atoms with E-state index in [1.54, 1.807) is 0 Å². The Bertz CT molecular complexity index is 939. The number of nitrogens with zero attached hydrogens (tertiary/aromatic N) is 2. The molecule has 0 radical (unpaired) electrons. The molecule has 1 fully saturated rings. The first-order chi connectivity index (χ1) is 14.1. The summed E-state index contributed by atoms with van der Waals surface area (Å²) in [5.74, 6) is 0.369. The molecule has 0 unspecified atom stereocenters. The molecular formula is C26H28N2O. The van der Waals surface area contributed by atoms with Gasteiger partial charge in [0.25, 0.3) is 0 Å². The normalized spacial score (nSPS) is 14.4. The van der Waals surface area contributed by atoms with Crippen LogP contribution in [0.1, 0.15) is 28.4 Å². The topological polar surface area (TPSA) is 26.7 Å². The van der Waals surface area contributed by atoms with Crippen molar-refractivity contribution in [1.82, 2.24) is 0 Å². The lowest BCUT2D eigenvalue weighted by atomic mass is 10.0. The van der Waals surface area contributed by atoms with Gasteiger partial charge in [0, 0.05) is 30.0 Å². The molecule has 0 atom stereocenters. The molecule has 0 spiro atoms. The van der Waals surface area contributed by atoms with E-state index in [-0.39, 0.29) is 6.17 Å². The second kappa shape index (κ2) is 8.04. The summed E-state index contributed by atoms with van der Waals surface area (Å²) >= 11 is 0. The fourth-order valence-electron chi connectivity index (χ4n) is 4.12. The Hall–Kier alpha value is -3.20. The number of anilines is 2. The zero-order valence-corrected chi connectivity index (χ0v) is 17.2. The number of rotatable bonds is 5. The van der Waals surface area contributed by atoms with E-state index in [4.69, 9.17) is 0 Å². The van der Waals surface area contributed by atoms with Gasteiger partial charge in [-0.25, -0.2) is 0 Å². The lowest BCUT2D eigenvalue weighted by molar-refractivity contribution is 0.456. The summed E-state index contributed by atoms with van der Waals surface area (Å²) in [5, 5.41) is 11.1. The minimum Gasteiger partial charge on any atom is -0.507 e. The van der Waals surface area contributed by atoms with Crippen molar-refractivity contribution in [2.75, 3.05) is 22.9 Å². The second-order valence-corrected chi connectivity index (χ2v) is 7.78. The van der Waals surface area contributed by atoms with Gasteiger partial charge in [-0.05, 0) is 50.1 Å². The van der Waals surface area contributed by atoms with Crippen molar-refractivity contribution >= 4 is 11.4 Å². The maximum absolute atomic E-state index is 11.1. The van der Waals surface area contributed by atoms with Crippen LogP contribution in [-0.2, 0) is 6.42 Å². The zero-order chi connectivity index (χ0) is 20.4. The van der Waals surface area contributed by atoms with E-state index in [1.165, 1.54) is 22.5 Å². The Kier molecular flexibility index (Phi) is 5.30. The van der Waals surface area contributed by atoms with Crippen LogP contribution in [0.3, 0.4) is 0 Å². The maximum Gasteiger partial charge on any atom is 0.132 e. The lowest BCUT2D eigenvalue weighted by Crippen LogP contribution is -2.31. The van der Waals surface area contributed by atoms with Crippen molar-refractivity contribution in [3.05, 3.63) is 102 Å². The summed E-state index contributed by atoms with van der Waals surface area (Å²) in [6.45, 7) is 9.84. The summed E-state index contributed by atoms with van der Waals surface area (Å²) in [4.78, 5) is 4.76. The number of allylic oxidation sites excluding steroid dienone is 1. The fraction of sp³-hybridized carbons (Fsp3) is 0.231. The minimum absolute atomic E-state index is 0.0647. The van der Waals surface area contributed by atoms with Gasteiger partial charge in [0.05, 0.1) is 0 Å². The third kappa shape index (κ3) is 3.73. The predicted molar refractivity (Wildman–Crippen MR) is 122 cm³/mol. The van der Waals surface area contributed by atoms with Gasteiger partial charge in [-0.2, -0.15) is 0 Å². The van der Waals surface area contributed by atoms with Gasteiger partial charge in [0.15, 0.2) is 0 Å². The first-order valence-electron chi connectivity index (χ1n) is 10.2. The van der Waals surface area contributed by atoms with E-state index in [0.29, 0.717) is 12.2 Å². The van der Waals surface area contributed by atoms with Gasteiger partial charge in [-0.15, -0.1) is 6.58 Å². The zero-order valence-electron chi connectivity index (χ0n) is 17.2. The lowest BCUT2D eigenvalue weighted by Gasteiger charge is -2.34. The first kappa shape index (κ1) is 19.1. The van der Waals surface area contributed by atoms with Gasteiger partial charge < -0.3 is 14.9 Å². The third-order valence-electron chi connectivity index (χ3n) is 5.70. The van der Waals surface area contributed by atoms with Crippen molar-refractivity contribution < 1.29 is 5.11 Å². The Balaban J connectivity index is 1.81. The third-order valence-corrected chi connectivity index (χ3v) is 5.70. The second-order valence-electron chi connectivity index (χ2n) is 7.78. The Morgan fingerprint density at radius 1 is 0.862 bits per heavy atom. The highest BCUT2D eigenvalue weighted by molar-refractivity contribution is 5.61. The molecule has 1 aliphatic rings. The quantitative estimate of drug-likeness (QED) is 0.566. The van der Waals surface area contributed by atoms with Gasteiger partial charge in [-0.1, -0.05) is 59.7 Å². The van der Waals surface area contributed by atoms with E-state index in [1.807, 2.05) is 24.3 Å². The molecule has 4 rings (SSSR count). The van der Waals surface area contributed by atoms with Crippen LogP contribution in [0, 0.1) is 13.8 Å². The van der Waals surface area contributed by atoms with Crippen LogP contribution in [0.15, 0.2) is 79.4 Å². The molecule has 0 aliphatic carbocycles. The van der Waals surface area contributed by atoms with Crippen LogP contribution in [0.25, 0.3) is 0 Å². The Morgan fingerprint density at radius 2 is 1.38 bits per heavy atom. The van der Waals surface area contributed by atoms with E-state index >= 15 is 0 Å². The number of aromatic hydroxyl groups is 1. The standard InChI is InChI=1S/C26H28N2O/c1-4-6-21-7-5-8-24(25(21)29)26-27(22-13-9-19(2)10-14-22)17-18-28(26)23-15-11-20(3)12-16-23/h4-5,7-16,26,29H,1,6,17-18H2,2-3H3. The van der Waals surface area contributed by atoms with E-state index in [0.717, 1.165) is 24.2 Å². The van der Waals surface area contributed by atoms with Crippen LogP contribution >= 0.6 is 0 Å². The number of aryl methyl sites for hydroxylation is 2. The molecule has 1 N–H and O–H groups in total. The van der Waals surface area contributed by atoms with E-state index < -0.39 is 0 Å². The minimum atomic E-state index is -0.0647. The van der Waals surface area contributed by atoms with Crippen LogP contribution in [0.4, 0.5) is 11.4 Å². The number of benzene rings is 3. The molecule has 3 aromatic carbocycles. The molecule has 3 nitrogen and oxygen atoms in total. The van der Waals surface area contributed by atoms with Gasteiger partial charge in [-0.3, -0.25) is 0 Å². The van der Waals surface area contributed by atoms with Crippen molar-refractivity contribution in [3.8, 4) is 5.75 Å². The van der Waals surface area contributed by atoms with Crippen molar-refractivity contribution in [3.63, 3.8) is 0 Å². The molecule has 0 amide bonds. The summed E-state index contributed by atoms with van der Waals surface area (Å²) in [6.07, 6.45) is 2.43. The Labute approximate surface area is 173 Å². The summed E-state index contributed by atoms with van der Waals surface area (Å²) in [5.41, 5.74) is 6.68. The number of phenols is 1. The molecule has 3 aromatic rings. The number of phenolic OH excluding ortho intramolecular Hbond substituents is 1. The average molecular weight is 385 g/mol. The smallest absolute Gasteiger partial charge is 0.132 e. The van der Waals surface area contributed by atoms with Crippen molar-refractivity contribution in [1.29, 1.82) is 0 Å². The highest BCUT2D eigenvalue weighted by Crippen LogP contribution is 2.41. The molecule has 1 heterocycles. The SMILES string of the molecule is C=CCc1cccc(C2N(c3ccc(C)cc3)CCN2c2ccc(C)cc2)c1O. The van der Waals surface area contributed by atoms with Gasteiger partial charge >= 0.3 is 0 Å². The number of hydrogen-bond acceptors (Lipinski definition) is 3. The average Bonchev–Trinajstić information content (AvgIpc) is 3.16. The van der Waals surface area contributed by atoms with Crippen molar-refractivity contribution in [2.45, 2.75) is 26.4 Å². The molecule has 3 heteroatoms. The molecule has 0 bridgehead atoms. The molecule has 29 heavy (non-hydrogen) atoms. The molecular weight excluding hydrogens is 356 g/mol. The largest absolute Gasteiger partial charge is 0.507 e. The van der Waals surface area contributed by atoms with Gasteiger partial charge in [0.1, 0.15) is 11.9 Å². The Morgan fingerprint density at radius 3 is 1.86 bits per heavy atom. The van der Waals surface area contributed by atoms with E-state index in [9.17, 15) is 5.11 Å². The first-order valence-corrected chi connectivity index (χ1v) is 10.2. The van der Waals surface area contributed by atoms with Crippen LogP contribution in [0.2, 0.25) is 0 Å². The predicted octanol–water partition coefficient (Wildman–Crippen LogP) is 5.76. The number of para-hydroxylation sites is 1. The summed E-state index contributed by atoms with van der Waals surface area (Å²) < 4.78 is 0. The molecule has 148 valence electrons.